The molecule has 1 N–H and O–H groups in total. The van der Waals surface area contributed by atoms with E-state index in [1.54, 1.807) is 23.9 Å². The Morgan fingerprint density at radius 3 is 2.46 bits per heavy atom. The Morgan fingerprint density at radius 2 is 1.72 bits per heavy atom. The highest BCUT2D eigenvalue weighted by Crippen LogP contribution is 2.69. The van der Waals surface area contributed by atoms with Crippen molar-refractivity contribution in [1.29, 1.82) is 0 Å². The second kappa shape index (κ2) is 11.0. The summed E-state index contributed by atoms with van der Waals surface area (Å²) in [4.78, 5) is 45.3. The van der Waals surface area contributed by atoms with Crippen LogP contribution >= 0.6 is 50.6 Å². The van der Waals surface area contributed by atoms with Crippen LogP contribution in [0.4, 0.5) is 18.9 Å². The minimum atomic E-state index is -4.61. The van der Waals surface area contributed by atoms with Gasteiger partial charge in [0.25, 0.3) is 0 Å². The highest BCUT2D eigenvalue weighted by atomic mass is 79.9. The molecule has 2 aliphatic heterocycles. The van der Waals surface area contributed by atoms with Crippen LogP contribution in [0.15, 0.2) is 81.0 Å². The summed E-state index contributed by atoms with van der Waals surface area (Å²) in [5.41, 5.74) is 0.823. The van der Waals surface area contributed by atoms with Crippen LogP contribution in [0.5, 0.6) is 5.75 Å². The Bertz CT molecular complexity index is 1970. The van der Waals surface area contributed by atoms with Gasteiger partial charge in [0.1, 0.15) is 12.4 Å². The molecule has 0 radical (unpaired) electrons. The Morgan fingerprint density at radius 1 is 0.978 bits per heavy atom. The smallest absolute Gasteiger partial charge is 0.416 e. The van der Waals surface area contributed by atoms with E-state index < -0.39 is 35.4 Å². The van der Waals surface area contributed by atoms with Crippen LogP contribution in [0, 0.1) is 29.6 Å². The lowest BCUT2D eigenvalue weighted by molar-refractivity contribution is -0.137. The molecule has 5 unspecified atom stereocenters. The van der Waals surface area contributed by atoms with E-state index in [4.69, 9.17) is 16.3 Å². The van der Waals surface area contributed by atoms with Gasteiger partial charge >= 0.3 is 11.0 Å². The first-order chi connectivity index (χ1) is 22.0. The van der Waals surface area contributed by atoms with Crippen LogP contribution < -0.4 is 14.5 Å². The third kappa shape index (κ3) is 4.78. The molecule has 13 heteroatoms. The van der Waals surface area contributed by atoms with Crippen LogP contribution in [0.25, 0.3) is 0 Å². The summed E-state index contributed by atoms with van der Waals surface area (Å²) in [6.45, 7) is 0.285. The number of carbonyl (C=O) groups excluding carboxylic acids is 2. The van der Waals surface area contributed by atoms with E-state index in [0.29, 0.717) is 17.2 Å². The number of nitrogens with zero attached hydrogens (tertiary/aromatic N) is 1. The summed E-state index contributed by atoms with van der Waals surface area (Å²) in [7, 11) is 0. The lowest BCUT2D eigenvalue weighted by Crippen LogP contribution is -2.42. The zero-order valence-electron chi connectivity index (χ0n) is 23.6. The first kappa shape index (κ1) is 30.3. The van der Waals surface area contributed by atoms with E-state index in [1.807, 2.05) is 30.3 Å². The number of nitrogens with one attached hydrogen (secondary N) is 1. The summed E-state index contributed by atoms with van der Waals surface area (Å²) >= 11 is 12.4. The van der Waals surface area contributed by atoms with Gasteiger partial charge in [0, 0.05) is 31.1 Å². The fraction of sp³-hybridized carbons (Fsp3) is 0.303. The molecular formula is C33H23BrClF3N2O4S2. The zero-order valence-corrected chi connectivity index (χ0v) is 27.6. The number of halogens is 5. The molecular weight excluding hydrogens is 725 g/mol. The summed E-state index contributed by atoms with van der Waals surface area (Å²) in [6, 6.07) is 17.5. The highest BCUT2D eigenvalue weighted by molar-refractivity contribution is 9.10. The van der Waals surface area contributed by atoms with Gasteiger partial charge in [-0.25, -0.2) is 0 Å². The number of hydrogen-bond donors (Lipinski definition) is 1. The minimum Gasteiger partial charge on any atom is -0.489 e. The molecule has 2 saturated carbocycles. The number of aromatic nitrogens is 1. The number of carbonyl (C=O) groups is 2. The van der Waals surface area contributed by atoms with E-state index >= 15 is 0 Å². The standard InChI is InChI=1S/C33H23BrClF3N2O4S2/c34-16-6-9-22(44-13-14-4-7-17(35)8-5-14)19(11-16)23-24-20-12-21(27(24)45-29-28(23)46-32(43)39-29)26-25(20)30(41)40(31(26)42)18-3-1-2-15(10-18)33(36,37)38/h1-11,20-21,23-27H,12-13H2,(H,39,43)/t20-,21-,23?,24?,25?,26?,27?/m1/s1. The van der Waals surface area contributed by atoms with Gasteiger partial charge in [-0.2, -0.15) is 13.2 Å². The van der Waals surface area contributed by atoms with E-state index in [0.717, 1.165) is 53.9 Å². The summed E-state index contributed by atoms with van der Waals surface area (Å²) in [5.74, 6) is -2.35. The number of anilines is 1. The second-order valence-corrected chi connectivity index (χ2v) is 15.7. The maximum Gasteiger partial charge on any atom is 0.416 e. The number of aromatic amines is 1. The molecule has 1 aromatic heterocycles. The number of fused-ring (bicyclic) bond motifs is 9. The van der Waals surface area contributed by atoms with Gasteiger partial charge in [-0.3, -0.25) is 19.3 Å². The van der Waals surface area contributed by atoms with Gasteiger partial charge in [0.2, 0.25) is 11.8 Å². The number of amides is 2. The largest absolute Gasteiger partial charge is 0.489 e. The number of thioether (sulfide) groups is 1. The van der Waals surface area contributed by atoms with Crippen molar-refractivity contribution in [3.8, 4) is 5.75 Å². The molecule has 8 rings (SSSR count). The predicted molar refractivity (Wildman–Crippen MR) is 172 cm³/mol. The van der Waals surface area contributed by atoms with E-state index in [-0.39, 0.29) is 46.1 Å². The van der Waals surface area contributed by atoms with Crippen molar-refractivity contribution in [2.75, 3.05) is 4.90 Å². The van der Waals surface area contributed by atoms with Crippen LogP contribution in [-0.2, 0) is 22.4 Å². The number of thiazole rings is 1. The van der Waals surface area contributed by atoms with Crippen LogP contribution in [0.3, 0.4) is 0 Å². The Balaban J connectivity index is 1.18. The maximum absolute atomic E-state index is 14.0. The molecule has 2 amide bonds. The normalized spacial score (nSPS) is 27.9. The topological polar surface area (TPSA) is 79.5 Å². The van der Waals surface area contributed by atoms with Crippen molar-refractivity contribution in [3.63, 3.8) is 0 Å². The van der Waals surface area contributed by atoms with E-state index in [2.05, 4.69) is 20.9 Å². The first-order valence-electron chi connectivity index (χ1n) is 14.6. The average Bonchev–Trinajstić information content (AvgIpc) is 3.75. The molecule has 6 nitrogen and oxygen atoms in total. The highest BCUT2D eigenvalue weighted by Gasteiger charge is 2.70. The molecule has 3 aromatic carbocycles. The molecule has 2 aliphatic carbocycles. The van der Waals surface area contributed by atoms with E-state index in [1.165, 1.54) is 12.1 Å². The number of rotatable bonds is 5. The SMILES string of the molecule is O=C1C2C(C(=O)N1c1cccc(C(F)(F)F)c1)[C@@H]1C[C@H]2C2Sc3[nH]c(=O)sc3C(c3cc(Br)ccc3OCc3ccc(Cl)cc3)C21. The molecule has 3 fully saturated rings. The third-order valence-electron chi connectivity index (χ3n) is 9.77. The van der Waals surface area contributed by atoms with Crippen molar-refractivity contribution in [2.24, 2.45) is 29.6 Å². The lowest BCUT2D eigenvalue weighted by Gasteiger charge is -2.43. The predicted octanol–water partition coefficient (Wildman–Crippen LogP) is 8.13. The molecule has 0 spiro atoms. The Labute approximate surface area is 282 Å². The van der Waals surface area contributed by atoms with Crippen LogP contribution in [-0.4, -0.2) is 22.0 Å². The molecule has 236 valence electrons. The van der Waals surface area contributed by atoms with Gasteiger partial charge in [0.15, 0.2) is 0 Å². The van der Waals surface area contributed by atoms with Crippen LogP contribution in [0.1, 0.15) is 33.9 Å². The summed E-state index contributed by atoms with van der Waals surface area (Å²) in [6.07, 6.45) is -3.96. The van der Waals surface area contributed by atoms with E-state index in [9.17, 15) is 27.6 Å². The molecule has 2 bridgehead atoms. The molecule has 1 saturated heterocycles. The van der Waals surface area contributed by atoms with Gasteiger partial charge < -0.3 is 9.72 Å². The van der Waals surface area contributed by atoms with Crippen molar-refractivity contribution in [3.05, 3.63) is 107 Å². The lowest BCUT2D eigenvalue weighted by atomic mass is 9.68. The number of H-pyrrole nitrogens is 1. The Kier molecular flexibility index (Phi) is 7.24. The van der Waals surface area contributed by atoms with Crippen LogP contribution in [0.2, 0.25) is 5.02 Å². The van der Waals surface area contributed by atoms with Gasteiger partial charge in [-0.1, -0.05) is 57.1 Å². The van der Waals surface area contributed by atoms with Crippen molar-refractivity contribution >= 4 is 68.1 Å². The van der Waals surface area contributed by atoms with Gasteiger partial charge in [-0.05, 0) is 78.3 Å². The molecule has 7 atom stereocenters. The molecule has 4 aromatic rings. The second-order valence-electron chi connectivity index (χ2n) is 12.1. The molecule has 3 heterocycles. The van der Waals surface area contributed by atoms with Crippen molar-refractivity contribution in [2.45, 2.75) is 35.4 Å². The molecule has 4 aliphatic rings. The van der Waals surface area contributed by atoms with Crippen molar-refractivity contribution in [1.82, 2.24) is 4.98 Å². The van der Waals surface area contributed by atoms with Crippen molar-refractivity contribution < 1.29 is 27.5 Å². The van der Waals surface area contributed by atoms with Gasteiger partial charge in [-0.15, -0.1) is 11.8 Å². The van der Waals surface area contributed by atoms with Gasteiger partial charge in [0.05, 0.1) is 28.1 Å². The summed E-state index contributed by atoms with van der Waals surface area (Å²) in [5, 5.41) is 1.28. The zero-order chi connectivity index (χ0) is 32.1. The quantitative estimate of drug-likeness (QED) is 0.209. The average molecular weight is 748 g/mol. The maximum atomic E-state index is 14.0. The number of alkyl halides is 3. The first-order valence-corrected chi connectivity index (χ1v) is 17.5. The fourth-order valence-corrected chi connectivity index (χ4v) is 11.5. The summed E-state index contributed by atoms with van der Waals surface area (Å²) < 4.78 is 47.8. The Hall–Kier alpha value is -3.06. The number of hydrogen-bond acceptors (Lipinski definition) is 6. The number of ether oxygens (including phenoxy) is 1. The minimum absolute atomic E-state index is 0.0564. The fourth-order valence-electron chi connectivity index (χ4n) is 8.08. The molecule has 46 heavy (non-hydrogen) atoms. The number of benzene rings is 3. The third-order valence-corrected chi connectivity index (χ3v) is 13.1. The monoisotopic (exact) mass is 746 g/mol. The number of imide groups is 1.